The van der Waals surface area contributed by atoms with E-state index in [9.17, 15) is 38.9 Å². The largest absolute Gasteiger partial charge is 0.412 e. The number of hydrogen-bond acceptors (Lipinski definition) is 15. The van der Waals surface area contributed by atoms with E-state index in [1.807, 2.05) is 119 Å². The SMILES string of the molecule is CC(C)=CC[n+]1cc[nH]c1.CC(C)=CC[n+]1cc[nH]c1.CC(C)=CC[n+]1cc[nH]c1.CC(C)=CC[n+]1cc[nH]c1.Cc1cccc2cc3c(cc12)C1=NC3=Nc2c3cc4c(S(=O)(=O)[O-])cccc4cc3c3[n]2[Ga][n]2c(c4cc5cccc(S(=O)(=O)[O-])c5cc4c2=NC2=NC(=N3)c3cc4c(S(=O)(=O)[O-])cccc4cc32)=N1.O. The summed E-state index contributed by atoms with van der Waals surface area (Å²) in [7, 11) is -14.9. The molecule has 4 aliphatic heterocycles. The second-order valence-electron chi connectivity index (χ2n) is 27.7. The molecule has 0 spiro atoms. The maximum atomic E-state index is 12.8. The minimum Gasteiger partial charge on any atom is -0.412 e. The van der Waals surface area contributed by atoms with Crippen molar-refractivity contribution in [1.82, 2.24) is 26.5 Å². The molecule has 14 aromatic rings. The Morgan fingerprint density at radius 1 is 0.378 bits per heavy atom. The number of aromatic nitrogens is 10. The Bertz CT molecular complexity index is 6600. The molecule has 0 unspecified atom stereocenters. The second kappa shape index (κ2) is 31.7. The average Bonchev–Trinajstić information content (AvgIpc) is 1.55. The fourth-order valence-electron chi connectivity index (χ4n) is 13.1. The summed E-state index contributed by atoms with van der Waals surface area (Å²) < 4.78 is 127. The number of nitrogens with zero attached hydrogens (tertiary/aromatic N) is 12. The number of imidazole rings is 4. The van der Waals surface area contributed by atoms with Crippen LogP contribution in [-0.4, -0.2) is 112 Å². The molecule has 561 valence electrons. The fraction of sp³-hybridized carbons (Fsp3) is 0.160. The molecular weight excluding hydrogens is 1520 g/mol. The molecule has 0 saturated heterocycles. The zero-order chi connectivity index (χ0) is 77.5. The van der Waals surface area contributed by atoms with Crippen molar-refractivity contribution in [2.24, 2.45) is 30.0 Å². The Hall–Kier alpha value is -11.7. The Kier molecular flexibility index (Phi) is 22.1. The number of allylic oxidation sites excluding steroid dienone is 8. The molecule has 0 aliphatic carbocycles. The van der Waals surface area contributed by atoms with Crippen molar-refractivity contribution < 1.29 is 62.7 Å². The first-order valence-corrected chi connectivity index (χ1v) is 41.5. The summed E-state index contributed by atoms with van der Waals surface area (Å²) in [6.07, 6.45) is 32.2. The average molecular weight is 1600 g/mol. The molecule has 18 rings (SSSR count). The number of rotatable bonds is 11. The van der Waals surface area contributed by atoms with Gasteiger partial charge in [-0.1, -0.05) is 22.3 Å². The van der Waals surface area contributed by atoms with Crippen molar-refractivity contribution in [2.75, 3.05) is 0 Å². The number of aliphatic imine (C=N–C) groups is 4. The number of hydrogen-bond donors (Lipinski definition) is 4. The fourth-order valence-corrected chi connectivity index (χ4v) is 18.2. The van der Waals surface area contributed by atoms with Gasteiger partial charge in [-0.05, 0) is 79.7 Å². The van der Waals surface area contributed by atoms with Crippen LogP contribution in [0.2, 0.25) is 0 Å². The molecule has 30 heteroatoms. The van der Waals surface area contributed by atoms with Gasteiger partial charge in [0.1, 0.15) is 75.8 Å². The molecule has 6 bridgehead atoms. The third kappa shape index (κ3) is 16.6. The van der Waals surface area contributed by atoms with Crippen molar-refractivity contribution in [3.8, 4) is 0 Å². The molecular formula is C81H77GaN16O10S3+. The Labute approximate surface area is 647 Å². The molecule has 0 amide bonds. The Morgan fingerprint density at radius 3 is 1.05 bits per heavy atom. The molecule has 1 radical (unpaired) electrons. The van der Waals surface area contributed by atoms with Gasteiger partial charge in [0, 0.05) is 0 Å². The van der Waals surface area contributed by atoms with Crippen LogP contribution in [0.1, 0.15) is 83.2 Å². The van der Waals surface area contributed by atoms with Gasteiger partial charge in [-0.3, -0.25) is 19.9 Å². The number of benzene rings is 8. The number of aromatic amines is 4. The monoisotopic (exact) mass is 1600 g/mol. The standard InChI is InChI=1S/C49H26N8O9S3.4C8H12N2.Ga.H2O/c1-22-6-2-7-23-14-31-35(18-27(22)23)46-50-42(31)52-47-37-20-29-25(9-4-12-40(29)68(61,62)63)16-33(37)44(54-47)56-49-38-21-30-26(10-5-13-41(30)69(64,65)66)17-34(38)45(57-49)55-48-36-19-28-24(15-32(36)43(51-46)53-48)8-3-11-39(28)67(58,59)60;4*1-8(2)3-5-10-6-4-9-7-10;;/h2-21H,1H3,(H3-2,50,51,52,53,54,55,56,57,58,59,60,61,62,63,64,65,66);4*3-4,6-7H,5H2,1-2H3;;1H2/q-2;;;;;+2;/p+1. The van der Waals surface area contributed by atoms with Crippen LogP contribution >= 0.6 is 0 Å². The summed E-state index contributed by atoms with van der Waals surface area (Å²) in [5.41, 5.74) is 9.22. The van der Waals surface area contributed by atoms with E-state index in [0.717, 1.165) is 42.5 Å². The molecule has 10 heterocycles. The molecule has 6 N–H and O–H groups in total. The van der Waals surface area contributed by atoms with E-state index in [4.69, 9.17) is 30.0 Å². The van der Waals surface area contributed by atoms with Gasteiger partial charge in [-0.2, -0.15) is 0 Å². The Balaban J connectivity index is 0.000000213. The number of H-pyrrole nitrogens is 4. The van der Waals surface area contributed by atoms with Crippen LogP contribution < -0.4 is 29.2 Å². The summed E-state index contributed by atoms with van der Waals surface area (Å²) in [6.45, 7) is 22.7. The van der Waals surface area contributed by atoms with Crippen LogP contribution in [0.3, 0.4) is 0 Å². The molecule has 111 heavy (non-hydrogen) atoms. The van der Waals surface area contributed by atoms with Crippen LogP contribution in [0.15, 0.2) is 287 Å². The van der Waals surface area contributed by atoms with E-state index < -0.39 is 62.9 Å². The predicted molar refractivity (Wildman–Crippen MR) is 425 cm³/mol. The van der Waals surface area contributed by atoms with Crippen molar-refractivity contribution in [3.63, 3.8) is 0 Å². The second-order valence-corrected chi connectivity index (χ2v) is 34.4. The third-order valence-electron chi connectivity index (χ3n) is 18.6. The normalized spacial score (nSPS) is 12.9. The quantitative estimate of drug-likeness (QED) is 0.0413. The number of aryl methyl sites for hydroxylation is 1. The van der Waals surface area contributed by atoms with Crippen molar-refractivity contribution in [1.29, 1.82) is 0 Å². The summed E-state index contributed by atoms with van der Waals surface area (Å²) in [5, 5.41) is 5.43. The van der Waals surface area contributed by atoms with E-state index in [-0.39, 0.29) is 38.8 Å². The molecule has 0 fully saturated rings. The van der Waals surface area contributed by atoms with Crippen molar-refractivity contribution in [3.05, 3.63) is 282 Å². The topological polar surface area (TPSA) is 366 Å². The van der Waals surface area contributed by atoms with E-state index in [1.165, 1.54) is 64.8 Å². The first kappa shape index (κ1) is 77.4. The van der Waals surface area contributed by atoms with Crippen LogP contribution in [0.25, 0.3) is 64.6 Å². The maximum absolute atomic E-state index is 12.8. The van der Waals surface area contributed by atoms with Crippen LogP contribution in [0, 0.1) is 6.92 Å². The Morgan fingerprint density at radius 2 is 0.685 bits per heavy atom. The maximum Gasteiger partial charge on any atom is -0.412 e. The minimum atomic E-state index is -4.98. The van der Waals surface area contributed by atoms with Gasteiger partial charge in [0.25, 0.3) is 0 Å². The molecule has 26 nitrogen and oxygen atoms in total. The number of fused-ring (bicyclic) bond motifs is 18. The number of amidine groups is 4. The van der Waals surface area contributed by atoms with E-state index in [2.05, 4.69) is 118 Å². The first-order chi connectivity index (χ1) is 52.6. The van der Waals surface area contributed by atoms with E-state index in [0.29, 0.717) is 88.8 Å². The molecule has 0 saturated carbocycles. The molecule has 0 atom stereocenters. The van der Waals surface area contributed by atoms with Gasteiger partial charge in [0.15, 0.2) is 0 Å². The van der Waals surface area contributed by atoms with Gasteiger partial charge in [0.2, 0.25) is 25.3 Å². The minimum absolute atomic E-state index is 0. The van der Waals surface area contributed by atoms with E-state index >= 15 is 0 Å². The van der Waals surface area contributed by atoms with Crippen LogP contribution in [-0.2, 0) is 56.5 Å². The van der Waals surface area contributed by atoms with Gasteiger partial charge in [-0.25, -0.2) is 18.3 Å². The van der Waals surface area contributed by atoms with Gasteiger partial charge >= 0.3 is 405 Å². The third-order valence-corrected chi connectivity index (χ3v) is 24.3. The first-order valence-electron chi connectivity index (χ1n) is 35.1. The molecule has 6 aromatic heterocycles. The van der Waals surface area contributed by atoms with Crippen LogP contribution in [0.4, 0.5) is 11.6 Å². The molecule has 8 aromatic carbocycles. The van der Waals surface area contributed by atoms with Gasteiger partial charge < -0.3 is 5.48 Å². The van der Waals surface area contributed by atoms with Crippen molar-refractivity contribution >= 4 is 148 Å². The zero-order valence-corrected chi connectivity index (χ0v) is 66.8. The summed E-state index contributed by atoms with van der Waals surface area (Å²) in [4.78, 5) is 42.0. The van der Waals surface area contributed by atoms with Crippen molar-refractivity contribution in [2.45, 2.75) is 103 Å². The molecule has 4 aliphatic rings. The van der Waals surface area contributed by atoms with Gasteiger partial charge in [-0.15, -0.1) is 0 Å². The summed E-state index contributed by atoms with van der Waals surface area (Å²) in [6, 6.07) is 33.1. The van der Waals surface area contributed by atoms with E-state index in [1.54, 1.807) is 48.5 Å². The summed E-state index contributed by atoms with van der Waals surface area (Å²) >= 11 is -2.37. The predicted octanol–water partition coefficient (Wildman–Crippen LogP) is 10.4. The smallest absolute Gasteiger partial charge is 0.412 e. The van der Waals surface area contributed by atoms with Gasteiger partial charge in [0.05, 0.1) is 0 Å². The van der Waals surface area contributed by atoms with Crippen LogP contribution in [0.5, 0.6) is 0 Å². The zero-order valence-electron chi connectivity index (χ0n) is 62.0. The summed E-state index contributed by atoms with van der Waals surface area (Å²) in [5.74, 6) is 1.49. The number of nitrogens with one attached hydrogen (secondary N) is 4.